The molecule has 0 aromatic heterocycles. The van der Waals surface area contributed by atoms with Crippen molar-refractivity contribution >= 4 is 5.91 Å². The number of amides is 1. The number of fused-ring (bicyclic) bond motifs is 1. The highest BCUT2D eigenvalue weighted by molar-refractivity contribution is 5.76. The van der Waals surface area contributed by atoms with Crippen molar-refractivity contribution in [2.45, 2.75) is 52.1 Å². The Morgan fingerprint density at radius 2 is 2.05 bits per heavy atom. The molecule has 1 N–H and O–H groups in total. The van der Waals surface area contributed by atoms with Gasteiger partial charge < -0.3 is 10.2 Å². The predicted molar refractivity (Wildman–Crippen MR) is 82.6 cm³/mol. The maximum absolute atomic E-state index is 12.3. The van der Waals surface area contributed by atoms with Gasteiger partial charge in [0.05, 0.1) is 0 Å². The minimum atomic E-state index is 0.298. The number of carbonyl (C=O) groups excluding carboxylic acids is 1. The smallest absolute Gasteiger partial charge is 0.222 e. The van der Waals surface area contributed by atoms with Crippen LogP contribution in [0.15, 0.2) is 24.3 Å². The number of hydrogen-bond donors (Lipinski definition) is 1. The van der Waals surface area contributed by atoms with Crippen molar-refractivity contribution in [3.63, 3.8) is 0 Å². The normalized spacial score (nSPS) is 15.1. The molecular weight excluding hydrogens is 248 g/mol. The molecule has 3 nitrogen and oxygen atoms in total. The molecule has 1 aliphatic heterocycles. The highest BCUT2D eigenvalue weighted by Gasteiger charge is 2.18. The van der Waals surface area contributed by atoms with E-state index in [0.717, 1.165) is 38.9 Å². The second-order valence-electron chi connectivity index (χ2n) is 5.90. The Morgan fingerprint density at radius 1 is 1.30 bits per heavy atom. The van der Waals surface area contributed by atoms with E-state index in [0.29, 0.717) is 18.4 Å². The van der Waals surface area contributed by atoms with Gasteiger partial charge in [-0.3, -0.25) is 4.79 Å². The van der Waals surface area contributed by atoms with Gasteiger partial charge in [-0.1, -0.05) is 38.1 Å². The zero-order valence-corrected chi connectivity index (χ0v) is 12.7. The molecule has 0 saturated carbocycles. The van der Waals surface area contributed by atoms with E-state index < -0.39 is 0 Å². The molecule has 0 unspecified atom stereocenters. The molecule has 0 bridgehead atoms. The summed E-state index contributed by atoms with van der Waals surface area (Å²) in [5.41, 5.74) is 2.72. The molecule has 1 aromatic carbocycles. The van der Waals surface area contributed by atoms with Crippen LogP contribution in [0, 0.1) is 0 Å². The van der Waals surface area contributed by atoms with Crippen molar-refractivity contribution in [1.29, 1.82) is 0 Å². The van der Waals surface area contributed by atoms with E-state index in [1.54, 1.807) is 0 Å². The van der Waals surface area contributed by atoms with Gasteiger partial charge in [-0.05, 0) is 36.9 Å². The van der Waals surface area contributed by atoms with E-state index in [4.69, 9.17) is 0 Å². The zero-order valence-electron chi connectivity index (χ0n) is 12.7. The standard InChI is InChI=1S/C17H26N2O/c1-14(2)18-11-5-10-17(20)19-12-6-9-15-7-3-4-8-16(15)13-19/h3-4,7-8,14,18H,5-6,9-13H2,1-2H3. The number of rotatable bonds is 5. The largest absolute Gasteiger partial charge is 0.338 e. The highest BCUT2D eigenvalue weighted by atomic mass is 16.2. The first kappa shape index (κ1) is 15.0. The molecule has 20 heavy (non-hydrogen) atoms. The van der Waals surface area contributed by atoms with Crippen molar-refractivity contribution in [1.82, 2.24) is 10.2 Å². The minimum absolute atomic E-state index is 0.298. The Bertz CT molecular complexity index is 442. The summed E-state index contributed by atoms with van der Waals surface area (Å²) < 4.78 is 0. The van der Waals surface area contributed by atoms with Gasteiger partial charge in [0.25, 0.3) is 0 Å². The molecule has 0 aliphatic carbocycles. The van der Waals surface area contributed by atoms with Gasteiger partial charge in [-0.25, -0.2) is 0 Å². The topological polar surface area (TPSA) is 32.3 Å². The molecule has 0 radical (unpaired) electrons. The summed E-state index contributed by atoms with van der Waals surface area (Å²) in [5, 5.41) is 3.36. The molecule has 0 fully saturated rings. The summed E-state index contributed by atoms with van der Waals surface area (Å²) in [6, 6.07) is 9.00. The van der Waals surface area contributed by atoms with E-state index >= 15 is 0 Å². The van der Waals surface area contributed by atoms with Gasteiger partial charge in [0.2, 0.25) is 5.91 Å². The van der Waals surface area contributed by atoms with E-state index in [1.807, 2.05) is 4.90 Å². The van der Waals surface area contributed by atoms with E-state index in [2.05, 4.69) is 43.4 Å². The quantitative estimate of drug-likeness (QED) is 0.837. The number of carbonyl (C=O) groups is 1. The third-order valence-corrected chi connectivity index (χ3v) is 3.83. The summed E-state index contributed by atoms with van der Waals surface area (Å²) in [5.74, 6) is 0.298. The molecule has 3 heteroatoms. The maximum atomic E-state index is 12.3. The Morgan fingerprint density at radius 3 is 2.80 bits per heavy atom. The molecule has 2 rings (SSSR count). The first-order valence-corrected chi connectivity index (χ1v) is 7.75. The average molecular weight is 274 g/mol. The lowest BCUT2D eigenvalue weighted by Gasteiger charge is -2.21. The average Bonchev–Trinajstić information content (AvgIpc) is 2.65. The van der Waals surface area contributed by atoms with Crippen molar-refractivity contribution in [3.05, 3.63) is 35.4 Å². The second-order valence-corrected chi connectivity index (χ2v) is 5.90. The van der Waals surface area contributed by atoms with Crippen LogP contribution in [0.1, 0.15) is 44.2 Å². The molecular formula is C17H26N2O. The third kappa shape index (κ3) is 4.34. The fourth-order valence-electron chi connectivity index (χ4n) is 2.70. The summed E-state index contributed by atoms with van der Waals surface area (Å²) in [7, 11) is 0. The number of benzene rings is 1. The first-order chi connectivity index (χ1) is 9.66. The molecule has 0 spiro atoms. The molecule has 1 aliphatic rings. The van der Waals surface area contributed by atoms with Crippen molar-refractivity contribution in [2.75, 3.05) is 13.1 Å². The van der Waals surface area contributed by atoms with Crippen LogP contribution >= 0.6 is 0 Å². The van der Waals surface area contributed by atoms with Gasteiger partial charge in [0.15, 0.2) is 0 Å². The van der Waals surface area contributed by atoms with Gasteiger partial charge in [0.1, 0.15) is 0 Å². The van der Waals surface area contributed by atoms with Crippen molar-refractivity contribution in [3.8, 4) is 0 Å². The highest BCUT2D eigenvalue weighted by Crippen LogP contribution is 2.19. The molecule has 0 atom stereocenters. The fourth-order valence-corrected chi connectivity index (χ4v) is 2.70. The zero-order chi connectivity index (χ0) is 14.4. The second kappa shape index (κ2) is 7.44. The Kier molecular flexibility index (Phi) is 5.60. The van der Waals surface area contributed by atoms with Crippen LogP contribution in [0.2, 0.25) is 0 Å². The summed E-state index contributed by atoms with van der Waals surface area (Å²) in [6.45, 7) is 6.87. The van der Waals surface area contributed by atoms with Crippen LogP contribution in [0.25, 0.3) is 0 Å². The van der Waals surface area contributed by atoms with E-state index in [-0.39, 0.29) is 0 Å². The Hall–Kier alpha value is -1.35. The Labute approximate surface area is 122 Å². The fraction of sp³-hybridized carbons (Fsp3) is 0.588. The SMILES string of the molecule is CC(C)NCCCC(=O)N1CCCc2ccccc2C1. The van der Waals surface area contributed by atoms with Crippen molar-refractivity contribution in [2.24, 2.45) is 0 Å². The van der Waals surface area contributed by atoms with Gasteiger partial charge >= 0.3 is 0 Å². The minimum Gasteiger partial charge on any atom is -0.338 e. The molecule has 0 saturated heterocycles. The summed E-state index contributed by atoms with van der Waals surface area (Å²) in [4.78, 5) is 14.3. The van der Waals surface area contributed by atoms with Crippen LogP contribution in [-0.4, -0.2) is 29.9 Å². The molecule has 110 valence electrons. The molecule has 1 heterocycles. The predicted octanol–water partition coefficient (Wildman–Crippen LogP) is 2.74. The van der Waals surface area contributed by atoms with Crippen LogP contribution in [0.3, 0.4) is 0 Å². The van der Waals surface area contributed by atoms with Crippen LogP contribution < -0.4 is 5.32 Å². The number of nitrogens with zero attached hydrogens (tertiary/aromatic N) is 1. The lowest BCUT2D eigenvalue weighted by atomic mass is 10.0. The summed E-state index contributed by atoms with van der Waals surface area (Å²) >= 11 is 0. The summed E-state index contributed by atoms with van der Waals surface area (Å²) in [6.07, 6.45) is 3.75. The van der Waals surface area contributed by atoms with Gasteiger partial charge in [-0.2, -0.15) is 0 Å². The lowest BCUT2D eigenvalue weighted by molar-refractivity contribution is -0.131. The van der Waals surface area contributed by atoms with Crippen LogP contribution in [0.5, 0.6) is 0 Å². The molecule has 1 amide bonds. The van der Waals surface area contributed by atoms with Gasteiger partial charge in [0, 0.05) is 25.6 Å². The lowest BCUT2D eigenvalue weighted by Crippen LogP contribution is -2.31. The number of aryl methyl sites for hydroxylation is 1. The van der Waals surface area contributed by atoms with Crippen LogP contribution in [-0.2, 0) is 17.8 Å². The number of hydrogen-bond acceptors (Lipinski definition) is 2. The van der Waals surface area contributed by atoms with E-state index in [9.17, 15) is 4.79 Å². The van der Waals surface area contributed by atoms with Gasteiger partial charge in [-0.15, -0.1) is 0 Å². The molecule has 1 aromatic rings. The first-order valence-electron chi connectivity index (χ1n) is 7.75. The van der Waals surface area contributed by atoms with Crippen molar-refractivity contribution < 1.29 is 4.79 Å². The monoisotopic (exact) mass is 274 g/mol. The maximum Gasteiger partial charge on any atom is 0.222 e. The number of nitrogens with one attached hydrogen (secondary N) is 1. The third-order valence-electron chi connectivity index (χ3n) is 3.83. The van der Waals surface area contributed by atoms with Crippen LogP contribution in [0.4, 0.5) is 0 Å². The Balaban J connectivity index is 1.85. The van der Waals surface area contributed by atoms with E-state index in [1.165, 1.54) is 11.1 Å².